The molecule has 1 heterocycles. The number of nitrogens with zero attached hydrogens (tertiary/aromatic N) is 3. The van der Waals surface area contributed by atoms with E-state index >= 15 is 0 Å². The summed E-state index contributed by atoms with van der Waals surface area (Å²) in [5.74, 6) is 0.704. The van der Waals surface area contributed by atoms with Crippen LogP contribution in [0.5, 0.6) is 0 Å². The minimum atomic E-state index is 0.517. The molecule has 1 unspecified atom stereocenters. The SMILES string of the molecule is CNCc1cn(C(CC(C)C)CN(C)C)cn1. The number of likely N-dealkylation sites (N-methyl/N-ethyl adjacent to an activating group) is 1. The molecule has 98 valence electrons. The zero-order valence-electron chi connectivity index (χ0n) is 11.8. The summed E-state index contributed by atoms with van der Waals surface area (Å²) in [5.41, 5.74) is 1.11. The second-order valence-electron chi connectivity index (χ2n) is 5.39. The molecule has 0 aliphatic heterocycles. The average Bonchev–Trinajstić information content (AvgIpc) is 2.64. The molecule has 0 aliphatic carbocycles. The van der Waals surface area contributed by atoms with Crippen molar-refractivity contribution in [3.8, 4) is 0 Å². The number of imidazole rings is 1. The Morgan fingerprint density at radius 2 is 2.12 bits per heavy atom. The molecule has 0 spiro atoms. The monoisotopic (exact) mass is 238 g/mol. The molecular formula is C13H26N4. The van der Waals surface area contributed by atoms with E-state index in [1.807, 2.05) is 13.4 Å². The molecule has 0 amide bonds. The summed E-state index contributed by atoms with van der Waals surface area (Å²) in [6, 6.07) is 0.517. The van der Waals surface area contributed by atoms with Crippen LogP contribution in [-0.4, -0.2) is 42.1 Å². The van der Waals surface area contributed by atoms with E-state index in [1.54, 1.807) is 0 Å². The Bertz CT molecular complexity index is 307. The van der Waals surface area contributed by atoms with E-state index in [-0.39, 0.29) is 0 Å². The number of hydrogen-bond acceptors (Lipinski definition) is 3. The summed E-state index contributed by atoms with van der Waals surface area (Å²) >= 11 is 0. The van der Waals surface area contributed by atoms with Crippen molar-refractivity contribution in [1.82, 2.24) is 19.8 Å². The Hall–Kier alpha value is -0.870. The van der Waals surface area contributed by atoms with Gasteiger partial charge in [-0.15, -0.1) is 0 Å². The Morgan fingerprint density at radius 1 is 1.41 bits per heavy atom. The van der Waals surface area contributed by atoms with Crippen LogP contribution in [0.15, 0.2) is 12.5 Å². The Kier molecular flexibility index (Phi) is 5.65. The van der Waals surface area contributed by atoms with E-state index in [9.17, 15) is 0 Å². The van der Waals surface area contributed by atoms with Crippen molar-refractivity contribution >= 4 is 0 Å². The van der Waals surface area contributed by atoms with Crippen LogP contribution < -0.4 is 5.32 Å². The van der Waals surface area contributed by atoms with Gasteiger partial charge in [-0.25, -0.2) is 4.98 Å². The topological polar surface area (TPSA) is 33.1 Å². The fourth-order valence-electron chi connectivity index (χ4n) is 2.11. The lowest BCUT2D eigenvalue weighted by atomic mass is 10.0. The van der Waals surface area contributed by atoms with Crippen LogP contribution in [0.2, 0.25) is 0 Å². The van der Waals surface area contributed by atoms with E-state index in [0.29, 0.717) is 12.0 Å². The highest BCUT2D eigenvalue weighted by Crippen LogP contribution is 2.18. The summed E-state index contributed by atoms with van der Waals surface area (Å²) in [5, 5.41) is 3.13. The minimum absolute atomic E-state index is 0.517. The molecule has 0 aliphatic rings. The third-order valence-electron chi connectivity index (χ3n) is 2.75. The van der Waals surface area contributed by atoms with Gasteiger partial charge in [0.05, 0.1) is 12.0 Å². The zero-order valence-corrected chi connectivity index (χ0v) is 11.8. The predicted octanol–water partition coefficient (Wildman–Crippen LogP) is 1.75. The summed E-state index contributed by atoms with van der Waals surface area (Å²) in [7, 11) is 6.20. The van der Waals surface area contributed by atoms with Crippen molar-refractivity contribution in [1.29, 1.82) is 0 Å². The van der Waals surface area contributed by atoms with Crippen LogP contribution >= 0.6 is 0 Å². The first kappa shape index (κ1) is 14.2. The van der Waals surface area contributed by atoms with Gasteiger partial charge < -0.3 is 14.8 Å². The van der Waals surface area contributed by atoms with E-state index < -0.39 is 0 Å². The van der Waals surface area contributed by atoms with Gasteiger partial charge in [0, 0.05) is 25.3 Å². The fourth-order valence-corrected chi connectivity index (χ4v) is 2.11. The number of aromatic nitrogens is 2. The molecule has 0 radical (unpaired) electrons. The van der Waals surface area contributed by atoms with E-state index in [1.165, 1.54) is 6.42 Å². The van der Waals surface area contributed by atoms with Gasteiger partial charge in [-0.3, -0.25) is 0 Å². The maximum Gasteiger partial charge on any atom is 0.0953 e. The van der Waals surface area contributed by atoms with E-state index in [0.717, 1.165) is 18.8 Å². The molecule has 4 nitrogen and oxygen atoms in total. The summed E-state index contributed by atoms with van der Waals surface area (Å²) in [4.78, 5) is 6.66. The third-order valence-corrected chi connectivity index (χ3v) is 2.75. The molecule has 1 rings (SSSR count). The Balaban J connectivity index is 2.72. The Labute approximate surface area is 105 Å². The van der Waals surface area contributed by atoms with Gasteiger partial charge in [-0.05, 0) is 33.5 Å². The van der Waals surface area contributed by atoms with Crippen LogP contribution in [0, 0.1) is 5.92 Å². The first-order chi connectivity index (χ1) is 8.02. The molecule has 1 N–H and O–H groups in total. The van der Waals surface area contributed by atoms with Crippen molar-refractivity contribution in [2.75, 3.05) is 27.7 Å². The van der Waals surface area contributed by atoms with Gasteiger partial charge in [0.15, 0.2) is 0 Å². The highest BCUT2D eigenvalue weighted by molar-refractivity contribution is 4.98. The highest BCUT2D eigenvalue weighted by Gasteiger charge is 2.14. The number of hydrogen-bond donors (Lipinski definition) is 1. The van der Waals surface area contributed by atoms with Crippen molar-refractivity contribution in [3.63, 3.8) is 0 Å². The molecule has 1 aromatic rings. The number of rotatable bonds is 7. The molecule has 17 heavy (non-hydrogen) atoms. The largest absolute Gasteiger partial charge is 0.333 e. The van der Waals surface area contributed by atoms with E-state index in [4.69, 9.17) is 0 Å². The average molecular weight is 238 g/mol. The summed E-state index contributed by atoms with van der Waals surface area (Å²) in [6.07, 6.45) is 5.31. The number of nitrogens with one attached hydrogen (secondary N) is 1. The van der Waals surface area contributed by atoms with Crippen LogP contribution in [0.1, 0.15) is 32.0 Å². The maximum atomic E-state index is 4.42. The second kappa shape index (κ2) is 6.77. The summed E-state index contributed by atoms with van der Waals surface area (Å²) < 4.78 is 2.26. The molecule has 4 heteroatoms. The Morgan fingerprint density at radius 3 is 2.65 bits per heavy atom. The molecule has 1 atom stereocenters. The zero-order chi connectivity index (χ0) is 12.8. The van der Waals surface area contributed by atoms with Gasteiger partial charge >= 0.3 is 0 Å². The van der Waals surface area contributed by atoms with Crippen LogP contribution in [0.25, 0.3) is 0 Å². The van der Waals surface area contributed by atoms with Gasteiger partial charge in [0.25, 0.3) is 0 Å². The van der Waals surface area contributed by atoms with Gasteiger partial charge in [0.1, 0.15) is 0 Å². The lowest BCUT2D eigenvalue weighted by molar-refractivity contribution is 0.288. The maximum absolute atomic E-state index is 4.42. The smallest absolute Gasteiger partial charge is 0.0953 e. The minimum Gasteiger partial charge on any atom is -0.333 e. The predicted molar refractivity (Wildman–Crippen MR) is 72.0 cm³/mol. The second-order valence-corrected chi connectivity index (χ2v) is 5.39. The van der Waals surface area contributed by atoms with Gasteiger partial charge in [0.2, 0.25) is 0 Å². The summed E-state index contributed by atoms with van der Waals surface area (Å²) in [6.45, 7) is 6.44. The first-order valence-corrected chi connectivity index (χ1v) is 6.34. The van der Waals surface area contributed by atoms with Gasteiger partial charge in [-0.1, -0.05) is 13.8 Å². The molecule has 0 fully saturated rings. The lowest BCUT2D eigenvalue weighted by Crippen LogP contribution is -2.25. The normalized spacial score (nSPS) is 13.6. The van der Waals surface area contributed by atoms with Gasteiger partial charge in [-0.2, -0.15) is 0 Å². The molecular weight excluding hydrogens is 212 g/mol. The van der Waals surface area contributed by atoms with Crippen molar-refractivity contribution in [2.45, 2.75) is 32.9 Å². The molecule has 0 saturated heterocycles. The lowest BCUT2D eigenvalue weighted by Gasteiger charge is -2.23. The first-order valence-electron chi connectivity index (χ1n) is 6.34. The molecule has 1 aromatic heterocycles. The van der Waals surface area contributed by atoms with Crippen LogP contribution in [-0.2, 0) is 6.54 Å². The molecule has 0 aromatic carbocycles. The molecule has 0 bridgehead atoms. The molecule has 0 saturated carbocycles. The quantitative estimate of drug-likeness (QED) is 0.785. The van der Waals surface area contributed by atoms with Crippen molar-refractivity contribution < 1.29 is 0 Å². The van der Waals surface area contributed by atoms with E-state index in [2.05, 4.69) is 53.9 Å². The highest BCUT2D eigenvalue weighted by atomic mass is 15.1. The fraction of sp³-hybridized carbons (Fsp3) is 0.769. The van der Waals surface area contributed by atoms with Crippen molar-refractivity contribution in [3.05, 3.63) is 18.2 Å². The van der Waals surface area contributed by atoms with Crippen molar-refractivity contribution in [2.24, 2.45) is 5.92 Å². The third kappa shape index (κ3) is 4.88. The van der Waals surface area contributed by atoms with Crippen LogP contribution in [0.3, 0.4) is 0 Å². The standard InChI is InChI=1S/C13H26N4/c1-11(2)6-13(9-16(4)5)17-8-12(7-14-3)15-10-17/h8,10-11,13-14H,6-7,9H2,1-5H3. The van der Waals surface area contributed by atoms with Crippen LogP contribution in [0.4, 0.5) is 0 Å².